The molecule has 0 spiro atoms. The maximum absolute atomic E-state index is 12.6. The van der Waals surface area contributed by atoms with E-state index in [-0.39, 0.29) is 17.2 Å². The second-order valence-corrected chi connectivity index (χ2v) is 9.06. The lowest BCUT2D eigenvalue weighted by Gasteiger charge is -2.36. The van der Waals surface area contributed by atoms with E-state index in [1.165, 1.54) is 0 Å². The second kappa shape index (κ2) is 8.28. The third-order valence-corrected chi connectivity index (χ3v) is 5.22. The number of hydrogen-bond donors (Lipinski definition) is 0. The van der Waals surface area contributed by atoms with Crippen LogP contribution in [0.15, 0.2) is 12.1 Å². The van der Waals surface area contributed by atoms with Gasteiger partial charge in [0.15, 0.2) is 0 Å². The highest BCUT2D eigenvalue weighted by Gasteiger charge is 2.28. The van der Waals surface area contributed by atoms with Gasteiger partial charge in [0.1, 0.15) is 6.54 Å². The third-order valence-electron chi connectivity index (χ3n) is 5.22. The second-order valence-electron chi connectivity index (χ2n) is 9.06. The Labute approximate surface area is 158 Å². The molecular formula is C21H35N3O2. The number of likely N-dealkylation sites (N-methyl/N-ethyl adjacent to an activating group) is 1. The Morgan fingerprint density at radius 1 is 1.19 bits per heavy atom. The first-order valence-electron chi connectivity index (χ1n) is 9.71. The lowest BCUT2D eigenvalue weighted by Crippen LogP contribution is -2.45. The van der Waals surface area contributed by atoms with Crippen molar-refractivity contribution in [1.29, 1.82) is 0 Å². The minimum Gasteiger partial charge on any atom is -0.344 e. The zero-order chi connectivity index (χ0) is 19.5. The minimum atomic E-state index is 0.0171. The van der Waals surface area contributed by atoms with Crippen molar-refractivity contribution in [2.24, 2.45) is 11.3 Å². The molecule has 2 rings (SSSR count). The summed E-state index contributed by atoms with van der Waals surface area (Å²) in [6.45, 7) is 13.1. The topological polar surface area (TPSA) is 45.6 Å². The van der Waals surface area contributed by atoms with Crippen LogP contribution in [0.3, 0.4) is 0 Å². The number of hydrogen-bond acceptors (Lipinski definition) is 2. The molecule has 2 heterocycles. The smallest absolute Gasteiger partial charge is 0.242 e. The summed E-state index contributed by atoms with van der Waals surface area (Å²) in [5, 5.41) is 0. The number of aryl methyl sites for hydroxylation is 2. The van der Waals surface area contributed by atoms with Gasteiger partial charge in [0, 0.05) is 44.5 Å². The normalized spacial score (nSPS) is 18.1. The number of nitrogens with zero attached hydrogens (tertiary/aromatic N) is 3. The van der Waals surface area contributed by atoms with E-state index in [9.17, 15) is 9.59 Å². The summed E-state index contributed by atoms with van der Waals surface area (Å²) in [4.78, 5) is 29.0. The van der Waals surface area contributed by atoms with Gasteiger partial charge in [-0.3, -0.25) is 9.59 Å². The Morgan fingerprint density at radius 3 is 2.38 bits per heavy atom. The molecule has 1 atom stereocenters. The summed E-state index contributed by atoms with van der Waals surface area (Å²) < 4.78 is 2.05. The van der Waals surface area contributed by atoms with Crippen molar-refractivity contribution < 1.29 is 9.59 Å². The van der Waals surface area contributed by atoms with Crippen molar-refractivity contribution in [2.45, 2.75) is 60.4 Å². The van der Waals surface area contributed by atoms with Gasteiger partial charge in [-0.25, -0.2) is 0 Å². The molecule has 1 unspecified atom stereocenters. The molecule has 1 saturated heterocycles. The van der Waals surface area contributed by atoms with E-state index in [1.807, 2.05) is 42.8 Å². The van der Waals surface area contributed by atoms with Gasteiger partial charge >= 0.3 is 0 Å². The average molecular weight is 362 g/mol. The van der Waals surface area contributed by atoms with E-state index >= 15 is 0 Å². The monoisotopic (exact) mass is 361 g/mol. The lowest BCUT2D eigenvalue weighted by atomic mass is 9.90. The van der Waals surface area contributed by atoms with Crippen molar-refractivity contribution in [3.8, 4) is 0 Å². The van der Waals surface area contributed by atoms with Gasteiger partial charge in [-0.2, -0.15) is 0 Å². The number of carbonyl (C=O) groups is 2. The molecule has 1 aliphatic rings. The Morgan fingerprint density at radius 2 is 1.81 bits per heavy atom. The molecule has 2 amide bonds. The summed E-state index contributed by atoms with van der Waals surface area (Å²) in [5.74, 6) is 0.744. The van der Waals surface area contributed by atoms with Crippen LogP contribution in [0.2, 0.25) is 0 Å². The Balaban J connectivity index is 1.89. The molecular weight excluding hydrogens is 326 g/mol. The van der Waals surface area contributed by atoms with E-state index < -0.39 is 0 Å². The first kappa shape index (κ1) is 20.5. The van der Waals surface area contributed by atoms with Gasteiger partial charge in [0.25, 0.3) is 0 Å². The zero-order valence-corrected chi connectivity index (χ0v) is 17.3. The van der Waals surface area contributed by atoms with E-state index in [0.29, 0.717) is 18.9 Å². The number of aromatic nitrogens is 1. The first-order valence-corrected chi connectivity index (χ1v) is 9.71. The molecule has 0 aromatic carbocycles. The largest absolute Gasteiger partial charge is 0.344 e. The van der Waals surface area contributed by atoms with Crippen molar-refractivity contribution in [2.75, 3.05) is 26.7 Å². The van der Waals surface area contributed by atoms with Crippen molar-refractivity contribution in [1.82, 2.24) is 14.4 Å². The van der Waals surface area contributed by atoms with Gasteiger partial charge < -0.3 is 14.4 Å². The summed E-state index contributed by atoms with van der Waals surface area (Å²) in [5.41, 5.74) is 2.24. The van der Waals surface area contributed by atoms with E-state index in [2.05, 4.69) is 25.3 Å². The fourth-order valence-corrected chi connectivity index (χ4v) is 3.70. The number of likely N-dealkylation sites (tertiary alicyclic amines) is 1. The minimum absolute atomic E-state index is 0.0171. The predicted molar refractivity (Wildman–Crippen MR) is 105 cm³/mol. The van der Waals surface area contributed by atoms with Crippen molar-refractivity contribution >= 4 is 11.8 Å². The Bertz CT molecular complexity index is 623. The summed E-state index contributed by atoms with van der Waals surface area (Å²) in [7, 11) is 1.88. The Kier molecular flexibility index (Phi) is 6.53. The highest BCUT2D eigenvalue weighted by Crippen LogP contribution is 2.23. The van der Waals surface area contributed by atoms with Crippen molar-refractivity contribution in [3.63, 3.8) is 0 Å². The fourth-order valence-electron chi connectivity index (χ4n) is 3.70. The number of piperidine rings is 1. The van der Waals surface area contributed by atoms with Crippen LogP contribution in [-0.2, 0) is 16.1 Å². The maximum atomic E-state index is 12.6. The number of rotatable bonds is 5. The van der Waals surface area contributed by atoms with Crippen LogP contribution in [0, 0.1) is 25.2 Å². The highest BCUT2D eigenvalue weighted by molar-refractivity contribution is 5.77. The molecule has 0 aliphatic carbocycles. The molecule has 0 N–H and O–H groups in total. The van der Waals surface area contributed by atoms with Crippen LogP contribution in [-0.4, -0.2) is 52.9 Å². The van der Waals surface area contributed by atoms with Gasteiger partial charge in [-0.1, -0.05) is 20.8 Å². The molecule has 1 aliphatic heterocycles. The van der Waals surface area contributed by atoms with Gasteiger partial charge in [0.2, 0.25) is 11.8 Å². The maximum Gasteiger partial charge on any atom is 0.242 e. The SMILES string of the molecule is Cc1ccc(C)n1CC(=O)N(C)CC1CCCN(C(=O)CC(C)(C)C)C1. The van der Waals surface area contributed by atoms with Crippen LogP contribution >= 0.6 is 0 Å². The molecule has 1 aromatic heterocycles. The Hall–Kier alpha value is -1.78. The molecule has 5 heteroatoms. The van der Waals surface area contributed by atoms with Crippen molar-refractivity contribution in [3.05, 3.63) is 23.5 Å². The number of carbonyl (C=O) groups excluding carboxylic acids is 2. The summed E-state index contributed by atoms with van der Waals surface area (Å²) in [6.07, 6.45) is 2.69. The van der Waals surface area contributed by atoms with Crippen LogP contribution < -0.4 is 0 Å². The molecule has 0 radical (unpaired) electrons. The molecule has 0 saturated carbocycles. The van der Waals surface area contributed by atoms with Gasteiger partial charge in [0.05, 0.1) is 0 Å². The quantitative estimate of drug-likeness (QED) is 0.808. The van der Waals surface area contributed by atoms with Crippen LogP contribution in [0.25, 0.3) is 0 Å². The standard InChI is InChI=1S/C21H35N3O2/c1-16-9-10-17(2)24(16)15-20(26)22(6)13-18-8-7-11-23(14-18)19(25)12-21(3,4)5/h9-10,18H,7-8,11-15H2,1-6H3. The highest BCUT2D eigenvalue weighted by atomic mass is 16.2. The first-order chi connectivity index (χ1) is 12.1. The predicted octanol–water partition coefficient (Wildman–Crippen LogP) is 3.24. The third kappa shape index (κ3) is 5.61. The fraction of sp³-hybridized carbons (Fsp3) is 0.714. The van der Waals surface area contributed by atoms with Crippen LogP contribution in [0.4, 0.5) is 0 Å². The van der Waals surface area contributed by atoms with E-state index in [0.717, 1.165) is 43.9 Å². The van der Waals surface area contributed by atoms with Crippen LogP contribution in [0.5, 0.6) is 0 Å². The van der Waals surface area contributed by atoms with Gasteiger partial charge in [-0.05, 0) is 50.2 Å². The zero-order valence-electron chi connectivity index (χ0n) is 17.3. The van der Waals surface area contributed by atoms with Gasteiger partial charge in [-0.15, -0.1) is 0 Å². The molecule has 26 heavy (non-hydrogen) atoms. The number of amides is 2. The molecule has 1 aromatic rings. The molecule has 146 valence electrons. The molecule has 0 bridgehead atoms. The van der Waals surface area contributed by atoms with E-state index in [4.69, 9.17) is 0 Å². The summed E-state index contributed by atoms with van der Waals surface area (Å²) in [6, 6.07) is 4.09. The molecule has 5 nitrogen and oxygen atoms in total. The summed E-state index contributed by atoms with van der Waals surface area (Å²) >= 11 is 0. The lowest BCUT2D eigenvalue weighted by molar-refractivity contribution is -0.135. The van der Waals surface area contributed by atoms with E-state index in [1.54, 1.807) is 0 Å². The molecule has 1 fully saturated rings. The average Bonchev–Trinajstić information content (AvgIpc) is 2.85. The van der Waals surface area contributed by atoms with Crippen LogP contribution in [0.1, 0.15) is 51.4 Å².